The third-order valence-electron chi connectivity index (χ3n) is 3.42. The lowest BCUT2D eigenvalue weighted by Crippen LogP contribution is -2.53. The molecule has 1 unspecified atom stereocenters. The van der Waals surface area contributed by atoms with Crippen molar-refractivity contribution in [3.05, 3.63) is 28.1 Å². The van der Waals surface area contributed by atoms with Crippen LogP contribution in [0.4, 0.5) is 5.69 Å². The van der Waals surface area contributed by atoms with Gasteiger partial charge in [-0.25, -0.2) is 0 Å². The lowest BCUT2D eigenvalue weighted by Gasteiger charge is -2.29. The van der Waals surface area contributed by atoms with Gasteiger partial charge in [0, 0.05) is 12.6 Å². The number of nitrogens with one attached hydrogen (secondary N) is 2. The number of nitrogens with zero attached hydrogens (tertiary/aromatic N) is 1. The number of nitrogens with two attached hydrogens (primary N) is 1. The Bertz CT molecular complexity index is 480. The number of rotatable bonds is 5. The molecule has 0 aliphatic heterocycles. The highest BCUT2D eigenvalue weighted by Crippen LogP contribution is 2.39. The molecule has 0 saturated heterocycles. The van der Waals surface area contributed by atoms with Crippen LogP contribution in [-0.4, -0.2) is 27.9 Å². The summed E-state index contributed by atoms with van der Waals surface area (Å²) in [4.78, 5) is 24.6. The number of carbonyl (C=O) groups excluding carboxylic acids is 1. The van der Waals surface area contributed by atoms with E-state index in [-0.39, 0.29) is 17.3 Å². The summed E-state index contributed by atoms with van der Waals surface area (Å²) in [7, 11) is 0. The summed E-state index contributed by atoms with van der Waals surface area (Å²) in [6.45, 7) is 2.26. The first-order valence-electron chi connectivity index (χ1n) is 5.81. The second-order valence-electron chi connectivity index (χ2n) is 4.88. The molecule has 1 aliphatic carbocycles. The van der Waals surface area contributed by atoms with Crippen molar-refractivity contribution < 1.29 is 9.72 Å². The van der Waals surface area contributed by atoms with Crippen molar-refractivity contribution in [3.63, 3.8) is 0 Å². The number of hydrogen-bond acceptors (Lipinski definition) is 4. The fourth-order valence-electron chi connectivity index (χ4n) is 1.99. The third kappa shape index (κ3) is 2.35. The molecular weight excluding hydrogens is 236 g/mol. The minimum atomic E-state index is -0.545. The summed E-state index contributed by atoms with van der Waals surface area (Å²) in [5.41, 5.74) is 5.32. The number of aromatic amines is 1. The van der Waals surface area contributed by atoms with Crippen molar-refractivity contribution >= 4 is 11.6 Å². The summed E-state index contributed by atoms with van der Waals surface area (Å²) >= 11 is 0. The summed E-state index contributed by atoms with van der Waals surface area (Å²) in [6, 6.07) is 1.22. The topological polar surface area (TPSA) is 114 Å². The Labute approximate surface area is 104 Å². The van der Waals surface area contributed by atoms with Gasteiger partial charge in [-0.05, 0) is 25.7 Å². The number of H-pyrrole nitrogens is 1. The summed E-state index contributed by atoms with van der Waals surface area (Å²) in [6.07, 6.45) is 3.31. The maximum Gasteiger partial charge on any atom is 0.287 e. The van der Waals surface area contributed by atoms with Crippen molar-refractivity contribution in [3.8, 4) is 0 Å². The number of nitro groups is 1. The molecule has 0 bridgehead atoms. The van der Waals surface area contributed by atoms with Gasteiger partial charge in [0.2, 0.25) is 0 Å². The van der Waals surface area contributed by atoms with E-state index in [1.165, 1.54) is 12.3 Å². The van der Waals surface area contributed by atoms with Crippen molar-refractivity contribution in [2.75, 3.05) is 6.54 Å². The van der Waals surface area contributed by atoms with E-state index in [0.717, 1.165) is 12.8 Å². The van der Waals surface area contributed by atoms with Gasteiger partial charge in [-0.2, -0.15) is 0 Å². The van der Waals surface area contributed by atoms with Gasteiger partial charge in [0.25, 0.3) is 11.6 Å². The largest absolute Gasteiger partial charge is 0.351 e. The summed E-state index contributed by atoms with van der Waals surface area (Å²) in [5.74, 6) is 0.0411. The van der Waals surface area contributed by atoms with Crippen LogP contribution in [0.5, 0.6) is 0 Å². The predicted molar refractivity (Wildman–Crippen MR) is 65.1 cm³/mol. The van der Waals surface area contributed by atoms with Crippen LogP contribution >= 0.6 is 0 Å². The Morgan fingerprint density at radius 3 is 2.83 bits per heavy atom. The normalized spacial score (nSPS) is 18.1. The smallest absolute Gasteiger partial charge is 0.287 e. The lowest BCUT2D eigenvalue weighted by molar-refractivity contribution is -0.384. The van der Waals surface area contributed by atoms with Gasteiger partial charge in [0.1, 0.15) is 5.69 Å². The molecule has 4 N–H and O–H groups in total. The van der Waals surface area contributed by atoms with E-state index in [9.17, 15) is 14.9 Å². The predicted octanol–water partition coefficient (Wildman–Crippen LogP) is 0.780. The Kier molecular flexibility index (Phi) is 3.08. The summed E-state index contributed by atoms with van der Waals surface area (Å²) < 4.78 is 0. The highest BCUT2D eigenvalue weighted by Gasteiger charge is 2.41. The van der Waals surface area contributed by atoms with E-state index in [1.807, 2.05) is 6.92 Å². The van der Waals surface area contributed by atoms with Crippen LogP contribution in [0.15, 0.2) is 12.3 Å². The van der Waals surface area contributed by atoms with Gasteiger partial charge in [0.05, 0.1) is 16.7 Å². The Balaban J connectivity index is 2.08. The minimum absolute atomic E-state index is 0.124. The van der Waals surface area contributed by atoms with Crippen LogP contribution in [0.1, 0.15) is 30.3 Å². The van der Waals surface area contributed by atoms with Crippen LogP contribution < -0.4 is 11.1 Å². The first kappa shape index (κ1) is 12.6. The van der Waals surface area contributed by atoms with Gasteiger partial charge >= 0.3 is 0 Å². The second kappa shape index (κ2) is 4.41. The maximum absolute atomic E-state index is 12.0. The van der Waals surface area contributed by atoms with Gasteiger partial charge in [0.15, 0.2) is 0 Å². The van der Waals surface area contributed by atoms with Gasteiger partial charge in [-0.3, -0.25) is 14.9 Å². The van der Waals surface area contributed by atoms with E-state index >= 15 is 0 Å². The fourth-order valence-corrected chi connectivity index (χ4v) is 1.99. The minimum Gasteiger partial charge on any atom is -0.351 e. The molecule has 1 fully saturated rings. The zero-order valence-corrected chi connectivity index (χ0v) is 10.1. The zero-order chi connectivity index (χ0) is 13.3. The molecule has 1 amide bonds. The Hall–Kier alpha value is -1.89. The molecule has 1 aliphatic rings. The standard InChI is InChI=1S/C11H16N4O3/c1-11(6-12,7-2-3-7)14-10(16)9-4-8(5-13-9)15(17)18/h4-5,7,13H,2-3,6,12H2,1H3,(H,14,16). The van der Waals surface area contributed by atoms with Gasteiger partial charge < -0.3 is 16.0 Å². The molecule has 1 heterocycles. The first-order valence-corrected chi connectivity index (χ1v) is 5.81. The molecule has 18 heavy (non-hydrogen) atoms. The molecule has 0 spiro atoms. The summed E-state index contributed by atoms with van der Waals surface area (Å²) in [5, 5.41) is 13.4. The average Bonchev–Trinajstić information content (AvgIpc) is 3.06. The first-order chi connectivity index (χ1) is 8.46. The highest BCUT2D eigenvalue weighted by molar-refractivity contribution is 5.93. The van der Waals surface area contributed by atoms with Crippen LogP contribution in [0, 0.1) is 16.0 Å². The van der Waals surface area contributed by atoms with E-state index in [1.54, 1.807) is 0 Å². The van der Waals surface area contributed by atoms with Gasteiger partial charge in [-0.15, -0.1) is 0 Å². The molecule has 1 aromatic rings. The molecule has 0 aromatic carbocycles. The molecule has 2 rings (SSSR count). The SMILES string of the molecule is CC(CN)(NC(=O)c1cc([N+](=O)[O-])c[nH]1)C1CC1. The number of amides is 1. The molecule has 1 aromatic heterocycles. The zero-order valence-electron chi connectivity index (χ0n) is 10.1. The molecule has 0 radical (unpaired) electrons. The quantitative estimate of drug-likeness (QED) is 0.530. The number of aromatic nitrogens is 1. The van der Waals surface area contributed by atoms with Crippen LogP contribution in [0.3, 0.4) is 0 Å². The molecule has 7 nitrogen and oxygen atoms in total. The molecule has 1 saturated carbocycles. The van der Waals surface area contributed by atoms with Crippen molar-refractivity contribution in [2.24, 2.45) is 11.7 Å². The number of hydrogen-bond donors (Lipinski definition) is 3. The third-order valence-corrected chi connectivity index (χ3v) is 3.42. The van der Waals surface area contributed by atoms with E-state index in [0.29, 0.717) is 12.5 Å². The lowest BCUT2D eigenvalue weighted by atomic mass is 9.96. The van der Waals surface area contributed by atoms with Crippen LogP contribution in [0.2, 0.25) is 0 Å². The van der Waals surface area contributed by atoms with Crippen LogP contribution in [-0.2, 0) is 0 Å². The fraction of sp³-hybridized carbons (Fsp3) is 0.545. The molecule has 98 valence electrons. The van der Waals surface area contributed by atoms with E-state index in [4.69, 9.17) is 5.73 Å². The molecule has 1 atom stereocenters. The van der Waals surface area contributed by atoms with Crippen LogP contribution in [0.25, 0.3) is 0 Å². The van der Waals surface area contributed by atoms with E-state index in [2.05, 4.69) is 10.3 Å². The monoisotopic (exact) mass is 252 g/mol. The highest BCUT2D eigenvalue weighted by atomic mass is 16.6. The van der Waals surface area contributed by atoms with E-state index < -0.39 is 10.5 Å². The molecule has 7 heteroatoms. The Morgan fingerprint density at radius 1 is 1.72 bits per heavy atom. The second-order valence-corrected chi connectivity index (χ2v) is 4.88. The number of carbonyl (C=O) groups is 1. The molecular formula is C11H16N4O3. The maximum atomic E-state index is 12.0. The van der Waals surface area contributed by atoms with Crippen molar-refractivity contribution in [2.45, 2.75) is 25.3 Å². The van der Waals surface area contributed by atoms with Crippen molar-refractivity contribution in [1.29, 1.82) is 0 Å². The van der Waals surface area contributed by atoms with Gasteiger partial charge in [-0.1, -0.05) is 0 Å². The average molecular weight is 252 g/mol. The van der Waals surface area contributed by atoms with Crippen molar-refractivity contribution in [1.82, 2.24) is 10.3 Å². The Morgan fingerprint density at radius 2 is 2.39 bits per heavy atom.